The number of rotatable bonds is 17. The number of amides is 1. The number of unbranched alkanes of at least 4 members (excludes halogenated alkanes) is 10. The van der Waals surface area contributed by atoms with Crippen LogP contribution in [0, 0.1) is 0 Å². The Kier molecular flexibility index (Phi) is 14.0. The molecule has 0 aliphatic rings. The minimum atomic E-state index is -0.462. The van der Waals surface area contributed by atoms with Crippen LogP contribution in [0.2, 0.25) is 0 Å². The molecule has 0 atom stereocenters. The van der Waals surface area contributed by atoms with Crippen molar-refractivity contribution in [3.63, 3.8) is 0 Å². The second kappa shape index (κ2) is 16.1. The number of ether oxygens (including phenoxy) is 1. The minimum absolute atomic E-state index is 0.156. The second-order valence-electron chi connectivity index (χ2n) is 7.85. The summed E-state index contributed by atoms with van der Waals surface area (Å²) in [6.07, 6.45) is 17.5. The predicted molar refractivity (Wildman–Crippen MR) is 119 cm³/mol. The van der Waals surface area contributed by atoms with Crippen molar-refractivity contribution in [1.29, 1.82) is 0 Å². The number of hydrogen-bond acceptors (Lipinski definition) is 3. The molecule has 0 aliphatic heterocycles. The van der Waals surface area contributed by atoms with Crippen LogP contribution in [0.3, 0.4) is 0 Å². The largest absolute Gasteiger partial charge is 0.451 e. The van der Waals surface area contributed by atoms with Crippen molar-refractivity contribution >= 4 is 11.9 Å². The van der Waals surface area contributed by atoms with Crippen molar-refractivity contribution in [2.45, 2.75) is 97.8 Å². The first-order chi connectivity index (χ1) is 14.1. The zero-order valence-electron chi connectivity index (χ0n) is 18.9. The average Bonchev–Trinajstić information content (AvgIpc) is 3.20. The van der Waals surface area contributed by atoms with Gasteiger partial charge in [-0.2, -0.15) is 0 Å². The molecule has 166 valence electrons. The number of nitrogens with one attached hydrogen (secondary N) is 1. The SMILES string of the molecule is CCCCCCCCCCCCCc1c[nH]c(C(=O)OCC(=O)N(CC)CC)c1. The van der Waals surface area contributed by atoms with Gasteiger partial charge in [-0.05, 0) is 38.3 Å². The standard InChI is InChI=1S/C24H42N2O3/c1-4-7-8-9-10-11-12-13-14-15-16-17-21-18-22(25-19-21)24(28)29-20-23(27)26(5-2)6-3/h18-19,25H,4-17,20H2,1-3H3. The van der Waals surface area contributed by atoms with Crippen LogP contribution >= 0.6 is 0 Å². The molecule has 1 heterocycles. The van der Waals surface area contributed by atoms with Crippen LogP contribution in [0.4, 0.5) is 0 Å². The number of esters is 1. The van der Waals surface area contributed by atoms with Gasteiger partial charge in [0, 0.05) is 19.3 Å². The van der Waals surface area contributed by atoms with E-state index in [9.17, 15) is 9.59 Å². The highest BCUT2D eigenvalue weighted by atomic mass is 16.5. The first-order valence-electron chi connectivity index (χ1n) is 11.7. The smallest absolute Gasteiger partial charge is 0.355 e. The Balaban J connectivity index is 2.11. The van der Waals surface area contributed by atoms with Gasteiger partial charge in [0.25, 0.3) is 5.91 Å². The normalized spacial score (nSPS) is 10.9. The topological polar surface area (TPSA) is 62.4 Å². The Morgan fingerprint density at radius 3 is 1.97 bits per heavy atom. The quantitative estimate of drug-likeness (QED) is 0.259. The van der Waals surface area contributed by atoms with E-state index >= 15 is 0 Å². The van der Waals surface area contributed by atoms with Gasteiger partial charge in [0.05, 0.1) is 0 Å². The first-order valence-corrected chi connectivity index (χ1v) is 11.7. The summed E-state index contributed by atoms with van der Waals surface area (Å²) < 4.78 is 5.14. The van der Waals surface area contributed by atoms with Gasteiger partial charge in [0.2, 0.25) is 0 Å². The Hall–Kier alpha value is -1.78. The Bertz CT molecular complexity index is 564. The van der Waals surface area contributed by atoms with Crippen LogP contribution in [0.5, 0.6) is 0 Å². The maximum absolute atomic E-state index is 12.1. The summed E-state index contributed by atoms with van der Waals surface area (Å²) in [5.41, 5.74) is 1.55. The number of aromatic nitrogens is 1. The lowest BCUT2D eigenvalue weighted by Crippen LogP contribution is -2.34. The molecule has 0 aliphatic carbocycles. The van der Waals surface area contributed by atoms with Gasteiger partial charge in [-0.1, -0.05) is 71.1 Å². The lowest BCUT2D eigenvalue weighted by atomic mass is 10.0. The van der Waals surface area contributed by atoms with E-state index in [2.05, 4.69) is 11.9 Å². The number of carbonyl (C=O) groups excluding carboxylic acids is 2. The van der Waals surface area contributed by atoms with Gasteiger partial charge in [0.1, 0.15) is 5.69 Å². The molecule has 29 heavy (non-hydrogen) atoms. The summed E-state index contributed by atoms with van der Waals surface area (Å²) >= 11 is 0. The molecule has 5 nitrogen and oxygen atoms in total. The number of aryl methyl sites for hydroxylation is 1. The summed E-state index contributed by atoms with van der Waals surface area (Å²) in [4.78, 5) is 28.6. The zero-order valence-corrected chi connectivity index (χ0v) is 18.9. The highest BCUT2D eigenvalue weighted by molar-refractivity contribution is 5.89. The van der Waals surface area contributed by atoms with Crippen LogP contribution in [0.25, 0.3) is 0 Å². The van der Waals surface area contributed by atoms with Crippen molar-refractivity contribution < 1.29 is 14.3 Å². The van der Waals surface area contributed by atoms with E-state index in [1.165, 1.54) is 64.2 Å². The monoisotopic (exact) mass is 406 g/mol. The highest BCUT2D eigenvalue weighted by Gasteiger charge is 2.15. The molecule has 0 saturated heterocycles. The summed E-state index contributed by atoms with van der Waals surface area (Å²) in [5.74, 6) is -0.619. The van der Waals surface area contributed by atoms with E-state index in [1.54, 1.807) is 4.90 Å². The Morgan fingerprint density at radius 2 is 1.41 bits per heavy atom. The number of likely N-dealkylation sites (N-methyl/N-ethyl adjacent to an activating group) is 1. The number of H-pyrrole nitrogens is 1. The molecule has 0 radical (unpaired) electrons. The highest BCUT2D eigenvalue weighted by Crippen LogP contribution is 2.14. The third-order valence-electron chi connectivity index (χ3n) is 5.47. The molecule has 0 fully saturated rings. The zero-order chi connectivity index (χ0) is 21.3. The Morgan fingerprint density at radius 1 is 0.862 bits per heavy atom. The Labute approximate surface area is 177 Å². The van der Waals surface area contributed by atoms with Crippen molar-refractivity contribution in [2.75, 3.05) is 19.7 Å². The van der Waals surface area contributed by atoms with E-state index in [0.29, 0.717) is 18.8 Å². The summed E-state index contributed by atoms with van der Waals surface area (Å²) in [7, 11) is 0. The van der Waals surface area contributed by atoms with Gasteiger partial charge < -0.3 is 14.6 Å². The molecule has 1 aromatic rings. The van der Waals surface area contributed by atoms with Crippen LogP contribution < -0.4 is 0 Å². The number of nitrogens with zero attached hydrogens (tertiary/aromatic N) is 1. The predicted octanol–water partition coefficient (Wildman–Crippen LogP) is 5.89. The molecule has 1 rings (SSSR count). The maximum atomic E-state index is 12.1. The van der Waals surface area contributed by atoms with Crippen LogP contribution in [-0.2, 0) is 16.0 Å². The fraction of sp³-hybridized carbons (Fsp3) is 0.750. The van der Waals surface area contributed by atoms with Crippen molar-refractivity contribution in [3.8, 4) is 0 Å². The van der Waals surface area contributed by atoms with Crippen LogP contribution in [0.1, 0.15) is 107 Å². The molecule has 1 N–H and O–H groups in total. The van der Waals surface area contributed by atoms with Crippen molar-refractivity contribution in [2.24, 2.45) is 0 Å². The van der Waals surface area contributed by atoms with Gasteiger partial charge in [-0.25, -0.2) is 4.79 Å². The van der Waals surface area contributed by atoms with Crippen LogP contribution in [-0.4, -0.2) is 41.5 Å². The van der Waals surface area contributed by atoms with Gasteiger partial charge >= 0.3 is 5.97 Å². The summed E-state index contributed by atoms with van der Waals surface area (Å²) in [5, 5.41) is 0. The number of hydrogen-bond donors (Lipinski definition) is 1. The number of carbonyl (C=O) groups is 2. The molecule has 5 heteroatoms. The first kappa shape index (κ1) is 25.3. The van der Waals surface area contributed by atoms with Crippen molar-refractivity contribution in [3.05, 3.63) is 23.5 Å². The molecule has 0 spiro atoms. The molecule has 0 unspecified atom stereocenters. The van der Waals surface area contributed by atoms with Crippen molar-refractivity contribution in [1.82, 2.24) is 9.88 Å². The van der Waals surface area contributed by atoms with E-state index in [4.69, 9.17) is 4.74 Å². The van der Waals surface area contributed by atoms with E-state index in [0.717, 1.165) is 18.4 Å². The fourth-order valence-corrected chi connectivity index (χ4v) is 3.57. The van der Waals surface area contributed by atoms with Crippen LogP contribution in [0.15, 0.2) is 12.3 Å². The lowest BCUT2D eigenvalue weighted by molar-refractivity contribution is -0.134. The van der Waals surface area contributed by atoms with E-state index in [-0.39, 0.29) is 12.5 Å². The molecular weight excluding hydrogens is 364 g/mol. The molecular formula is C24H42N2O3. The maximum Gasteiger partial charge on any atom is 0.355 e. The summed E-state index contributed by atoms with van der Waals surface area (Å²) in [6, 6.07) is 1.85. The van der Waals surface area contributed by atoms with Gasteiger partial charge in [-0.15, -0.1) is 0 Å². The second-order valence-corrected chi connectivity index (χ2v) is 7.85. The molecule has 1 aromatic heterocycles. The van der Waals surface area contributed by atoms with Gasteiger partial charge in [-0.3, -0.25) is 4.79 Å². The lowest BCUT2D eigenvalue weighted by Gasteiger charge is -2.17. The minimum Gasteiger partial charge on any atom is -0.451 e. The summed E-state index contributed by atoms with van der Waals surface area (Å²) in [6.45, 7) is 7.13. The van der Waals surface area contributed by atoms with E-state index in [1.807, 2.05) is 26.1 Å². The molecule has 1 amide bonds. The molecule has 0 bridgehead atoms. The van der Waals surface area contributed by atoms with Gasteiger partial charge in [0.15, 0.2) is 6.61 Å². The number of aromatic amines is 1. The third kappa shape index (κ3) is 11.1. The average molecular weight is 407 g/mol. The van der Waals surface area contributed by atoms with E-state index < -0.39 is 5.97 Å². The molecule has 0 saturated carbocycles. The third-order valence-corrected chi connectivity index (χ3v) is 5.47. The molecule has 0 aromatic carbocycles. The fourth-order valence-electron chi connectivity index (χ4n) is 3.57.